The second-order valence-corrected chi connectivity index (χ2v) is 7.66. The molecule has 0 fully saturated rings. The quantitative estimate of drug-likeness (QED) is 0.251. The highest BCUT2D eigenvalue weighted by Crippen LogP contribution is 2.21. The summed E-state index contributed by atoms with van der Waals surface area (Å²) in [5.74, 6) is 0.788. The van der Waals surface area contributed by atoms with E-state index in [1.54, 1.807) is 0 Å². The van der Waals surface area contributed by atoms with E-state index in [0.717, 1.165) is 29.0 Å². The molecule has 29 heavy (non-hydrogen) atoms. The van der Waals surface area contributed by atoms with Crippen LogP contribution in [0.5, 0.6) is 0 Å². The number of azo groups is 1. The van der Waals surface area contributed by atoms with E-state index in [2.05, 4.69) is 14.6 Å². The first kappa shape index (κ1) is 24.6. The van der Waals surface area contributed by atoms with Crippen LogP contribution in [0.4, 0.5) is 17.2 Å². The predicted molar refractivity (Wildman–Crippen MR) is 108 cm³/mol. The Labute approximate surface area is 170 Å². The van der Waals surface area contributed by atoms with Crippen LogP contribution >= 0.6 is 0 Å². The van der Waals surface area contributed by atoms with Crippen molar-refractivity contribution in [2.24, 2.45) is 17.3 Å². The molecule has 1 aromatic heterocycles. The molecule has 0 aliphatic heterocycles. The molecule has 10 nitrogen and oxygen atoms in total. The molecule has 2 rings (SSSR count). The van der Waals surface area contributed by atoms with Crippen LogP contribution in [0.1, 0.15) is 5.56 Å². The molecule has 0 aliphatic carbocycles. The number of hydrogen-bond acceptors (Lipinski definition) is 9. The molecule has 0 atom stereocenters. The summed E-state index contributed by atoms with van der Waals surface area (Å²) in [7, 11) is -1.68. The van der Waals surface area contributed by atoms with Gasteiger partial charge in [0.1, 0.15) is 5.69 Å². The molecule has 0 radical (unpaired) electrons. The normalized spacial score (nSPS) is 11.2. The Morgan fingerprint density at radius 3 is 2.10 bits per heavy atom. The van der Waals surface area contributed by atoms with E-state index < -0.39 is 10.1 Å². The maximum atomic E-state index is 9.53. The highest BCUT2D eigenvalue weighted by atomic mass is 32.2. The Bertz CT molecular complexity index is 882. The van der Waals surface area contributed by atoms with Crippen molar-refractivity contribution in [1.29, 1.82) is 0 Å². The zero-order valence-corrected chi connectivity index (χ0v) is 17.4. The topological polar surface area (TPSA) is 136 Å². The number of nitrogens with zero attached hydrogens (tertiary/aromatic N) is 4. The summed E-state index contributed by atoms with van der Waals surface area (Å²) in [6.07, 6.45) is 2.70. The van der Waals surface area contributed by atoms with Gasteiger partial charge in [-0.3, -0.25) is 0 Å². The van der Waals surface area contributed by atoms with Gasteiger partial charge in [-0.25, -0.2) is 9.82 Å². The first-order chi connectivity index (χ1) is 13.7. The minimum atomic E-state index is -3.61. The van der Waals surface area contributed by atoms with Crippen molar-refractivity contribution in [3.63, 3.8) is 0 Å². The summed E-state index contributed by atoms with van der Waals surface area (Å²) >= 11 is 0. The zero-order chi connectivity index (χ0) is 21.9. The van der Waals surface area contributed by atoms with Crippen molar-refractivity contribution in [2.75, 3.05) is 37.5 Å². The number of aromatic nitrogens is 1. The Hall–Kier alpha value is -2.44. The van der Waals surface area contributed by atoms with Gasteiger partial charge in [0.25, 0.3) is 10.1 Å². The van der Waals surface area contributed by atoms with Gasteiger partial charge in [-0.1, -0.05) is 0 Å². The summed E-state index contributed by atoms with van der Waals surface area (Å²) in [5.41, 5.74) is 2.83. The van der Waals surface area contributed by atoms with Crippen LogP contribution in [-0.2, 0) is 21.5 Å². The number of aliphatic hydroxyl groups is 2. The van der Waals surface area contributed by atoms with E-state index in [4.69, 9.17) is 15.5 Å². The molecule has 0 saturated heterocycles. The van der Waals surface area contributed by atoms with Crippen LogP contribution in [0.3, 0.4) is 0 Å². The van der Waals surface area contributed by atoms with E-state index in [0.29, 0.717) is 13.1 Å². The van der Waals surface area contributed by atoms with Gasteiger partial charge in [0, 0.05) is 24.8 Å². The van der Waals surface area contributed by atoms with E-state index >= 15 is 0 Å². The third-order valence-corrected chi connectivity index (χ3v) is 3.91. The molecule has 0 bridgehead atoms. The highest BCUT2D eigenvalue weighted by Gasteiger charge is 2.08. The van der Waals surface area contributed by atoms with Crippen LogP contribution in [0.25, 0.3) is 0 Å². The molecule has 11 heteroatoms. The summed E-state index contributed by atoms with van der Waals surface area (Å²) in [5, 5.41) is 34.0. The van der Waals surface area contributed by atoms with Crippen molar-refractivity contribution < 1.29 is 32.8 Å². The van der Waals surface area contributed by atoms with Gasteiger partial charge in [-0.15, -0.1) is 4.33 Å². The fourth-order valence-corrected chi connectivity index (χ4v) is 2.21. The number of pyridine rings is 1. The summed E-state index contributed by atoms with van der Waals surface area (Å²) in [4.78, 5) is 1.92. The lowest BCUT2D eigenvalue weighted by Gasteiger charge is -2.22. The van der Waals surface area contributed by atoms with E-state index in [1.165, 1.54) is 0 Å². The molecule has 2 aromatic rings. The molecular formula is C18H27N4O6S+. The number of hydrogen-bond donors (Lipinski definition) is 3. The molecule has 160 valence electrons. The van der Waals surface area contributed by atoms with E-state index in [-0.39, 0.29) is 13.2 Å². The van der Waals surface area contributed by atoms with Crippen LogP contribution in [-0.4, -0.2) is 56.4 Å². The van der Waals surface area contributed by atoms with Gasteiger partial charge < -0.3 is 15.1 Å². The lowest BCUT2D eigenvalue weighted by molar-refractivity contribution is -0.658. The number of anilines is 1. The zero-order valence-electron chi connectivity index (χ0n) is 16.6. The average molecular weight is 428 g/mol. The van der Waals surface area contributed by atoms with Gasteiger partial charge in [0.05, 0.1) is 37.8 Å². The van der Waals surface area contributed by atoms with Crippen molar-refractivity contribution in [1.82, 2.24) is 0 Å². The molecule has 0 spiro atoms. The Morgan fingerprint density at radius 2 is 1.62 bits per heavy atom. The molecule has 0 unspecified atom stereocenters. The van der Waals surface area contributed by atoms with Gasteiger partial charge in [-0.05, 0) is 47.9 Å². The van der Waals surface area contributed by atoms with E-state index in [1.807, 2.05) is 66.0 Å². The lowest BCUT2D eigenvalue weighted by Crippen LogP contribution is -2.29. The first-order valence-electron chi connectivity index (χ1n) is 8.68. The summed E-state index contributed by atoms with van der Waals surface area (Å²) < 4.78 is 23.9. The highest BCUT2D eigenvalue weighted by molar-refractivity contribution is 7.85. The second-order valence-electron chi connectivity index (χ2n) is 6.10. The summed E-state index contributed by atoms with van der Waals surface area (Å²) in [6, 6.07) is 11.6. The van der Waals surface area contributed by atoms with Crippen LogP contribution < -0.4 is 9.47 Å². The molecule has 0 aliphatic rings. The van der Waals surface area contributed by atoms with Crippen LogP contribution in [0.15, 0.2) is 52.8 Å². The molecule has 1 aromatic carbocycles. The summed E-state index contributed by atoms with van der Waals surface area (Å²) in [6.45, 7) is 3.09. The van der Waals surface area contributed by atoms with Gasteiger partial charge in [0.2, 0.25) is 0 Å². The van der Waals surface area contributed by atoms with E-state index in [9.17, 15) is 8.42 Å². The van der Waals surface area contributed by atoms with Crippen molar-refractivity contribution >= 4 is 27.3 Å². The van der Waals surface area contributed by atoms with Gasteiger partial charge in [-0.2, -0.15) is 8.42 Å². The lowest BCUT2D eigenvalue weighted by atomic mass is 10.2. The Balaban J connectivity index is 0.000000612. The molecule has 0 saturated carbocycles. The smallest absolute Gasteiger partial charge is 0.350 e. The maximum Gasteiger partial charge on any atom is 0.350 e. The molecule has 0 amide bonds. The fraction of sp³-hybridized carbons (Fsp3) is 0.389. The fourth-order valence-electron chi connectivity index (χ4n) is 2.21. The molecule has 3 N–H and O–H groups in total. The third kappa shape index (κ3) is 9.54. The minimum absolute atomic E-state index is 0.0469. The number of rotatable bonds is 8. The molecular weight excluding hydrogens is 400 g/mol. The van der Waals surface area contributed by atoms with Crippen LogP contribution in [0, 0.1) is 6.92 Å². The first-order valence-corrected chi connectivity index (χ1v) is 10.5. The van der Waals surface area contributed by atoms with Gasteiger partial charge in [0.15, 0.2) is 0 Å². The van der Waals surface area contributed by atoms with Gasteiger partial charge >= 0.3 is 5.82 Å². The second kappa shape index (κ2) is 12.2. The monoisotopic (exact) mass is 427 g/mol. The molecule has 1 heterocycles. The van der Waals surface area contributed by atoms with Crippen LogP contribution in [0.2, 0.25) is 0 Å². The SMILES string of the molecule is CS(=O)(=O)OO.Cc1cc[n+](C)c(N=Nc2ccc(N(CCO)CCO)cc2)c1. The number of benzene rings is 1. The van der Waals surface area contributed by atoms with Crippen molar-refractivity contribution in [3.8, 4) is 0 Å². The number of aliphatic hydroxyl groups excluding tert-OH is 2. The predicted octanol–water partition coefficient (Wildman–Crippen LogP) is 1.46. The number of aryl methyl sites for hydroxylation is 2. The maximum absolute atomic E-state index is 9.53. The van der Waals surface area contributed by atoms with Crippen molar-refractivity contribution in [3.05, 3.63) is 48.2 Å². The Morgan fingerprint density at radius 1 is 1.07 bits per heavy atom. The largest absolute Gasteiger partial charge is 0.395 e. The third-order valence-electron chi connectivity index (χ3n) is 3.64. The average Bonchev–Trinajstić information content (AvgIpc) is 2.69. The Kier molecular flexibility index (Phi) is 10.3. The minimum Gasteiger partial charge on any atom is -0.395 e. The van der Waals surface area contributed by atoms with Crippen molar-refractivity contribution in [2.45, 2.75) is 6.92 Å². The standard InChI is InChI=1S/C17H23N4O2.CH4O4S/c1-14-7-8-20(2)17(13-14)19-18-15-3-5-16(6-4-15)21(9-11-22)10-12-23;1-6(3,4)5-2/h3-8,13,22-23H,9-12H2,1-2H3;2H,1H3/q+1;.